The van der Waals surface area contributed by atoms with Gasteiger partial charge in [-0.3, -0.25) is 0 Å². The third kappa shape index (κ3) is 3.08. The van der Waals surface area contributed by atoms with Crippen molar-refractivity contribution in [1.82, 2.24) is 0 Å². The smallest absolute Gasteiger partial charge is 0.118 e. The molecule has 0 spiro atoms. The maximum Gasteiger partial charge on any atom is 0.118 e. The summed E-state index contributed by atoms with van der Waals surface area (Å²) in [4.78, 5) is 0. The monoisotopic (exact) mass is 190 g/mol. The van der Waals surface area contributed by atoms with E-state index in [9.17, 15) is 0 Å². The Morgan fingerprint density at radius 1 is 1.43 bits per heavy atom. The highest BCUT2D eigenvalue weighted by molar-refractivity contribution is 5.27. The van der Waals surface area contributed by atoms with E-state index in [4.69, 9.17) is 15.7 Å². The first-order chi connectivity index (χ1) is 6.76. The van der Waals surface area contributed by atoms with E-state index >= 15 is 0 Å². The van der Waals surface area contributed by atoms with Crippen molar-refractivity contribution >= 4 is 0 Å². The number of ether oxygens (including phenoxy) is 1. The molecule has 0 saturated heterocycles. The number of hydrogen-bond acceptors (Lipinski definition) is 3. The number of hydrogen-bond donors (Lipinski definition) is 1. The number of benzene rings is 1. The minimum absolute atomic E-state index is 0.0756. The maximum atomic E-state index is 8.45. The zero-order valence-electron chi connectivity index (χ0n) is 8.23. The lowest BCUT2D eigenvalue weighted by Gasteiger charge is -2.07. The average Bonchev–Trinajstić information content (AvgIpc) is 2.19. The topological polar surface area (TPSA) is 59.0 Å². The van der Waals surface area contributed by atoms with Crippen molar-refractivity contribution in [3.8, 4) is 11.8 Å². The third-order valence-electron chi connectivity index (χ3n) is 2.01. The van der Waals surface area contributed by atoms with Crippen LogP contribution < -0.4 is 10.5 Å². The second-order valence-electron chi connectivity index (χ2n) is 3.17. The summed E-state index contributed by atoms with van der Waals surface area (Å²) in [6.45, 7) is 0. The van der Waals surface area contributed by atoms with Gasteiger partial charge < -0.3 is 10.5 Å². The predicted molar refractivity (Wildman–Crippen MR) is 54.9 cm³/mol. The Hall–Kier alpha value is -1.53. The van der Waals surface area contributed by atoms with Gasteiger partial charge in [0.25, 0.3) is 0 Å². The van der Waals surface area contributed by atoms with E-state index in [2.05, 4.69) is 6.07 Å². The van der Waals surface area contributed by atoms with Gasteiger partial charge in [-0.05, 0) is 24.1 Å². The van der Waals surface area contributed by atoms with E-state index in [0.29, 0.717) is 6.42 Å². The standard InChI is InChI=1S/C11H14N2O/c1-14-11-4-2-9(3-5-11)8-10(13)6-7-12/h2-5,10H,6,8,13H2,1H3. The number of methoxy groups -OCH3 is 1. The summed E-state index contributed by atoms with van der Waals surface area (Å²) in [6.07, 6.45) is 1.13. The minimum atomic E-state index is -0.0756. The summed E-state index contributed by atoms with van der Waals surface area (Å²) < 4.78 is 5.04. The van der Waals surface area contributed by atoms with Gasteiger partial charge in [-0.1, -0.05) is 12.1 Å². The summed E-state index contributed by atoms with van der Waals surface area (Å²) in [6, 6.07) is 9.72. The first-order valence-corrected chi connectivity index (χ1v) is 4.51. The van der Waals surface area contributed by atoms with Crippen LogP contribution in [0, 0.1) is 11.3 Å². The molecule has 3 heteroatoms. The molecule has 0 aliphatic rings. The van der Waals surface area contributed by atoms with Crippen molar-refractivity contribution < 1.29 is 4.74 Å². The Balaban J connectivity index is 2.56. The molecule has 3 nitrogen and oxygen atoms in total. The van der Waals surface area contributed by atoms with Crippen LogP contribution in [0.1, 0.15) is 12.0 Å². The Labute approximate surface area is 84.1 Å². The molecule has 0 saturated carbocycles. The molecule has 0 radical (unpaired) electrons. The van der Waals surface area contributed by atoms with Crippen molar-refractivity contribution in [1.29, 1.82) is 5.26 Å². The molecule has 0 aliphatic heterocycles. The summed E-state index contributed by atoms with van der Waals surface area (Å²) in [5, 5.41) is 8.45. The highest BCUT2D eigenvalue weighted by atomic mass is 16.5. The first kappa shape index (κ1) is 10.6. The van der Waals surface area contributed by atoms with Crippen LogP contribution in [0.4, 0.5) is 0 Å². The number of rotatable bonds is 4. The van der Waals surface area contributed by atoms with E-state index in [0.717, 1.165) is 17.7 Å². The molecule has 1 aromatic carbocycles. The van der Waals surface area contributed by atoms with Crippen molar-refractivity contribution in [2.45, 2.75) is 18.9 Å². The van der Waals surface area contributed by atoms with Crippen LogP contribution in [0.3, 0.4) is 0 Å². The molecule has 74 valence electrons. The van der Waals surface area contributed by atoms with E-state index in [1.807, 2.05) is 24.3 Å². The normalized spacial score (nSPS) is 11.8. The van der Waals surface area contributed by atoms with E-state index in [1.54, 1.807) is 7.11 Å². The third-order valence-corrected chi connectivity index (χ3v) is 2.01. The molecular formula is C11H14N2O. The molecule has 0 bridgehead atoms. The molecule has 0 heterocycles. The van der Waals surface area contributed by atoms with Gasteiger partial charge in [-0.15, -0.1) is 0 Å². The second-order valence-corrected chi connectivity index (χ2v) is 3.17. The maximum absolute atomic E-state index is 8.45. The molecule has 2 N–H and O–H groups in total. The predicted octanol–water partition coefficient (Wildman–Crippen LogP) is 1.48. The number of nitrogens with zero attached hydrogens (tertiary/aromatic N) is 1. The fourth-order valence-corrected chi connectivity index (χ4v) is 1.25. The molecular weight excluding hydrogens is 176 g/mol. The summed E-state index contributed by atoms with van der Waals surface area (Å²) in [5.41, 5.74) is 6.87. The molecule has 1 rings (SSSR count). The summed E-state index contributed by atoms with van der Waals surface area (Å²) in [7, 11) is 1.64. The van der Waals surface area contributed by atoms with Crippen LogP contribution in [-0.4, -0.2) is 13.2 Å². The molecule has 0 aliphatic carbocycles. The quantitative estimate of drug-likeness (QED) is 0.782. The van der Waals surface area contributed by atoms with Gasteiger partial charge in [0, 0.05) is 6.04 Å². The molecule has 0 aromatic heterocycles. The van der Waals surface area contributed by atoms with Gasteiger partial charge in [0.1, 0.15) is 5.75 Å². The van der Waals surface area contributed by atoms with Crippen molar-refractivity contribution in [3.05, 3.63) is 29.8 Å². The average molecular weight is 190 g/mol. The Bertz CT molecular complexity index is 313. The van der Waals surface area contributed by atoms with Crippen LogP contribution in [0.25, 0.3) is 0 Å². The van der Waals surface area contributed by atoms with Gasteiger partial charge in [-0.25, -0.2) is 0 Å². The minimum Gasteiger partial charge on any atom is -0.497 e. The van der Waals surface area contributed by atoms with Crippen molar-refractivity contribution in [2.24, 2.45) is 5.73 Å². The van der Waals surface area contributed by atoms with Gasteiger partial charge >= 0.3 is 0 Å². The number of nitriles is 1. The Morgan fingerprint density at radius 3 is 2.57 bits per heavy atom. The molecule has 1 aromatic rings. The second kappa shape index (κ2) is 5.25. The van der Waals surface area contributed by atoms with Gasteiger partial charge in [0.15, 0.2) is 0 Å². The fraction of sp³-hybridized carbons (Fsp3) is 0.364. The highest BCUT2D eigenvalue weighted by Crippen LogP contribution is 2.12. The van der Waals surface area contributed by atoms with Crippen LogP contribution in [0.15, 0.2) is 24.3 Å². The lowest BCUT2D eigenvalue weighted by atomic mass is 10.0. The SMILES string of the molecule is COc1ccc(CC(N)CC#N)cc1. The lowest BCUT2D eigenvalue weighted by Crippen LogP contribution is -2.21. The van der Waals surface area contributed by atoms with Crippen molar-refractivity contribution in [3.63, 3.8) is 0 Å². The number of nitrogens with two attached hydrogens (primary N) is 1. The fourth-order valence-electron chi connectivity index (χ4n) is 1.25. The molecule has 1 unspecified atom stereocenters. The zero-order chi connectivity index (χ0) is 10.4. The van der Waals surface area contributed by atoms with Crippen molar-refractivity contribution in [2.75, 3.05) is 7.11 Å². The Morgan fingerprint density at radius 2 is 2.07 bits per heavy atom. The van der Waals surface area contributed by atoms with Crippen LogP contribution in [0.5, 0.6) is 5.75 Å². The molecule has 14 heavy (non-hydrogen) atoms. The first-order valence-electron chi connectivity index (χ1n) is 4.51. The summed E-state index contributed by atoms with van der Waals surface area (Å²) in [5.74, 6) is 0.836. The Kier molecular flexibility index (Phi) is 3.96. The van der Waals surface area contributed by atoms with Crippen LogP contribution in [0.2, 0.25) is 0 Å². The van der Waals surface area contributed by atoms with Gasteiger partial charge in [0.2, 0.25) is 0 Å². The van der Waals surface area contributed by atoms with Crippen LogP contribution >= 0.6 is 0 Å². The summed E-state index contributed by atoms with van der Waals surface area (Å²) >= 11 is 0. The largest absolute Gasteiger partial charge is 0.497 e. The zero-order valence-corrected chi connectivity index (χ0v) is 8.23. The molecule has 1 atom stereocenters. The van der Waals surface area contributed by atoms with E-state index in [1.165, 1.54) is 0 Å². The van der Waals surface area contributed by atoms with E-state index in [-0.39, 0.29) is 6.04 Å². The van der Waals surface area contributed by atoms with Gasteiger partial charge in [-0.2, -0.15) is 5.26 Å². The van der Waals surface area contributed by atoms with Crippen LogP contribution in [-0.2, 0) is 6.42 Å². The van der Waals surface area contributed by atoms with E-state index < -0.39 is 0 Å². The molecule has 0 amide bonds. The van der Waals surface area contributed by atoms with Gasteiger partial charge in [0.05, 0.1) is 19.6 Å². The lowest BCUT2D eigenvalue weighted by molar-refractivity contribution is 0.414. The molecule has 0 fully saturated rings. The highest BCUT2D eigenvalue weighted by Gasteiger charge is 2.03.